The molecule has 0 radical (unpaired) electrons. The Bertz CT molecular complexity index is 582. The summed E-state index contributed by atoms with van der Waals surface area (Å²) in [6, 6.07) is 4.48. The number of sulfone groups is 1. The molecular weight excluding hydrogens is 276 g/mol. The van der Waals surface area contributed by atoms with Gasteiger partial charge >= 0.3 is 0 Å². The quantitative estimate of drug-likeness (QED) is 0.617. The topological polar surface area (TPSA) is 89.3 Å². The van der Waals surface area contributed by atoms with Gasteiger partial charge in [0.05, 0.1) is 4.90 Å². The molecule has 0 aliphatic rings. The first-order valence-electron chi connectivity index (χ1n) is 6.68. The van der Waals surface area contributed by atoms with E-state index in [4.69, 9.17) is 5.73 Å². The lowest BCUT2D eigenvalue weighted by Crippen LogP contribution is -2.38. The molecule has 3 N–H and O–H groups in total. The second-order valence-electron chi connectivity index (χ2n) is 4.85. The van der Waals surface area contributed by atoms with Gasteiger partial charge in [0.2, 0.25) is 5.91 Å². The minimum Gasteiger partial charge on any atom is -0.399 e. The van der Waals surface area contributed by atoms with E-state index in [9.17, 15) is 13.2 Å². The highest BCUT2D eigenvalue weighted by Gasteiger charge is 2.29. The lowest BCUT2D eigenvalue weighted by Gasteiger charge is -2.14. The van der Waals surface area contributed by atoms with Gasteiger partial charge in [-0.3, -0.25) is 4.79 Å². The van der Waals surface area contributed by atoms with Crippen LogP contribution >= 0.6 is 0 Å². The predicted octanol–water partition coefficient (Wildman–Crippen LogP) is 1.66. The number of nitrogens with two attached hydrogens (primary N) is 1. The fourth-order valence-corrected chi connectivity index (χ4v) is 3.07. The Morgan fingerprint density at radius 3 is 2.60 bits per heavy atom. The third-order valence-electron chi connectivity index (χ3n) is 3.23. The van der Waals surface area contributed by atoms with Gasteiger partial charge in [-0.15, -0.1) is 0 Å². The zero-order chi connectivity index (χ0) is 15.3. The van der Waals surface area contributed by atoms with Crippen molar-refractivity contribution in [2.24, 2.45) is 0 Å². The lowest BCUT2D eigenvalue weighted by atomic mass is 10.2. The Labute approximate surface area is 120 Å². The minimum absolute atomic E-state index is 0.127. The fourth-order valence-electron chi connectivity index (χ4n) is 1.70. The van der Waals surface area contributed by atoms with E-state index in [1.54, 1.807) is 13.0 Å². The lowest BCUT2D eigenvalue weighted by molar-refractivity contribution is -0.120. The van der Waals surface area contributed by atoms with Crippen LogP contribution < -0.4 is 11.1 Å². The summed E-state index contributed by atoms with van der Waals surface area (Å²) < 4.78 is 24.7. The summed E-state index contributed by atoms with van der Waals surface area (Å²) in [6.45, 7) is 5.64. The second-order valence-corrected chi connectivity index (χ2v) is 7.12. The number of nitrogen functional groups attached to an aromatic ring is 1. The maximum absolute atomic E-state index is 12.4. The SMILES string of the molecule is CCCCNC(=O)C(C)S(=O)(=O)c1ccc(N)c(C)c1. The number of benzene rings is 1. The van der Waals surface area contributed by atoms with Crippen molar-refractivity contribution < 1.29 is 13.2 Å². The van der Waals surface area contributed by atoms with E-state index in [1.807, 2.05) is 6.92 Å². The van der Waals surface area contributed by atoms with Gasteiger partial charge in [-0.2, -0.15) is 0 Å². The minimum atomic E-state index is -3.68. The molecule has 0 saturated carbocycles. The standard InChI is InChI=1S/C14H22N2O3S/c1-4-5-8-16-14(17)11(3)20(18,19)12-6-7-13(15)10(2)9-12/h6-7,9,11H,4-5,8,15H2,1-3H3,(H,16,17). The molecule has 112 valence electrons. The van der Waals surface area contributed by atoms with E-state index in [0.717, 1.165) is 12.8 Å². The highest BCUT2D eigenvalue weighted by Crippen LogP contribution is 2.21. The van der Waals surface area contributed by atoms with E-state index >= 15 is 0 Å². The second kappa shape index (κ2) is 6.74. The molecule has 1 atom stereocenters. The number of carbonyl (C=O) groups excluding carboxylic acids is 1. The molecule has 0 aliphatic carbocycles. The number of anilines is 1. The molecule has 0 aromatic heterocycles. The number of rotatable bonds is 6. The van der Waals surface area contributed by atoms with Gasteiger partial charge in [-0.25, -0.2) is 8.42 Å². The van der Waals surface area contributed by atoms with E-state index in [1.165, 1.54) is 19.1 Å². The monoisotopic (exact) mass is 298 g/mol. The van der Waals surface area contributed by atoms with Crippen LogP contribution in [0.2, 0.25) is 0 Å². The number of nitrogens with one attached hydrogen (secondary N) is 1. The molecule has 6 heteroatoms. The first kappa shape index (κ1) is 16.5. The average molecular weight is 298 g/mol. The first-order valence-corrected chi connectivity index (χ1v) is 8.23. The van der Waals surface area contributed by atoms with Gasteiger partial charge in [0.25, 0.3) is 0 Å². The Hall–Kier alpha value is -1.56. The molecule has 0 saturated heterocycles. The van der Waals surface area contributed by atoms with Crippen LogP contribution in [0.3, 0.4) is 0 Å². The molecule has 1 unspecified atom stereocenters. The Morgan fingerprint density at radius 2 is 2.05 bits per heavy atom. The molecule has 1 aromatic rings. The third-order valence-corrected chi connectivity index (χ3v) is 5.29. The number of unbranched alkanes of at least 4 members (excludes halogenated alkanes) is 1. The average Bonchev–Trinajstić information content (AvgIpc) is 2.40. The molecule has 0 heterocycles. The molecule has 0 fully saturated rings. The summed E-state index contributed by atoms with van der Waals surface area (Å²) in [4.78, 5) is 12.0. The van der Waals surface area contributed by atoms with E-state index in [2.05, 4.69) is 5.32 Å². The summed E-state index contributed by atoms with van der Waals surface area (Å²) in [6.07, 6.45) is 1.78. The van der Waals surface area contributed by atoms with Gasteiger partial charge in [0.1, 0.15) is 5.25 Å². The van der Waals surface area contributed by atoms with Gasteiger partial charge in [-0.05, 0) is 44.0 Å². The summed E-state index contributed by atoms with van der Waals surface area (Å²) >= 11 is 0. The number of hydrogen-bond donors (Lipinski definition) is 2. The third kappa shape index (κ3) is 3.72. The van der Waals surface area contributed by atoms with Crippen LogP contribution in [0.25, 0.3) is 0 Å². The van der Waals surface area contributed by atoms with Crippen molar-refractivity contribution in [2.75, 3.05) is 12.3 Å². The van der Waals surface area contributed by atoms with Crippen LogP contribution in [-0.4, -0.2) is 26.1 Å². The van der Waals surface area contributed by atoms with E-state index in [-0.39, 0.29) is 4.90 Å². The van der Waals surface area contributed by atoms with Crippen molar-refractivity contribution in [1.82, 2.24) is 5.32 Å². The Morgan fingerprint density at radius 1 is 1.40 bits per heavy atom. The summed E-state index contributed by atoms with van der Waals surface area (Å²) in [5.74, 6) is -0.465. The van der Waals surface area contributed by atoms with Crippen molar-refractivity contribution in [3.05, 3.63) is 23.8 Å². The largest absolute Gasteiger partial charge is 0.399 e. The van der Waals surface area contributed by atoms with Crippen LogP contribution in [0.15, 0.2) is 23.1 Å². The molecule has 0 aliphatic heterocycles. The van der Waals surface area contributed by atoms with Gasteiger partial charge < -0.3 is 11.1 Å². The molecule has 0 bridgehead atoms. The van der Waals surface area contributed by atoms with Crippen molar-refractivity contribution in [1.29, 1.82) is 0 Å². The fraction of sp³-hybridized carbons (Fsp3) is 0.500. The molecule has 20 heavy (non-hydrogen) atoms. The molecule has 1 amide bonds. The maximum atomic E-state index is 12.4. The molecule has 1 aromatic carbocycles. The summed E-state index contributed by atoms with van der Waals surface area (Å²) in [7, 11) is -3.68. The Balaban J connectivity index is 2.91. The number of hydrogen-bond acceptors (Lipinski definition) is 4. The predicted molar refractivity (Wildman–Crippen MR) is 80.2 cm³/mol. The highest BCUT2D eigenvalue weighted by atomic mass is 32.2. The van der Waals surface area contributed by atoms with Crippen LogP contribution in [-0.2, 0) is 14.6 Å². The number of aryl methyl sites for hydroxylation is 1. The maximum Gasteiger partial charge on any atom is 0.238 e. The van der Waals surface area contributed by atoms with Crippen LogP contribution in [0.4, 0.5) is 5.69 Å². The molecule has 5 nitrogen and oxygen atoms in total. The van der Waals surface area contributed by atoms with Crippen LogP contribution in [0.5, 0.6) is 0 Å². The normalized spacial score (nSPS) is 12.9. The van der Waals surface area contributed by atoms with Crippen LogP contribution in [0.1, 0.15) is 32.3 Å². The summed E-state index contributed by atoms with van der Waals surface area (Å²) in [5.41, 5.74) is 6.89. The molecule has 0 spiro atoms. The van der Waals surface area contributed by atoms with Gasteiger partial charge in [-0.1, -0.05) is 13.3 Å². The van der Waals surface area contributed by atoms with Crippen molar-refractivity contribution >= 4 is 21.4 Å². The zero-order valence-electron chi connectivity index (χ0n) is 12.1. The first-order chi connectivity index (χ1) is 9.30. The van der Waals surface area contributed by atoms with Crippen molar-refractivity contribution in [3.8, 4) is 0 Å². The zero-order valence-corrected chi connectivity index (χ0v) is 13.0. The highest BCUT2D eigenvalue weighted by molar-refractivity contribution is 7.92. The van der Waals surface area contributed by atoms with Gasteiger partial charge in [0, 0.05) is 12.2 Å². The van der Waals surface area contributed by atoms with Gasteiger partial charge in [0.15, 0.2) is 9.84 Å². The van der Waals surface area contributed by atoms with E-state index in [0.29, 0.717) is 17.8 Å². The number of amides is 1. The summed E-state index contributed by atoms with van der Waals surface area (Å²) in [5, 5.41) is 1.53. The van der Waals surface area contributed by atoms with E-state index < -0.39 is 21.0 Å². The van der Waals surface area contributed by atoms with Crippen molar-refractivity contribution in [3.63, 3.8) is 0 Å². The molecule has 1 rings (SSSR count). The smallest absolute Gasteiger partial charge is 0.238 e. The Kier molecular flexibility index (Phi) is 5.56. The molecular formula is C14H22N2O3S. The van der Waals surface area contributed by atoms with Crippen LogP contribution in [0, 0.1) is 6.92 Å². The van der Waals surface area contributed by atoms with Crippen molar-refractivity contribution in [2.45, 2.75) is 43.8 Å². The number of carbonyl (C=O) groups is 1.